The molecule has 0 atom stereocenters. The Morgan fingerprint density at radius 2 is 1.89 bits per heavy atom. The van der Waals surface area contributed by atoms with E-state index in [0.717, 1.165) is 5.69 Å². The Labute approximate surface area is 105 Å². The number of carbonyl (C=O) groups excluding carboxylic acids is 1. The lowest BCUT2D eigenvalue weighted by atomic mass is 10.2. The molecular weight excluding hydrogens is 230 g/mol. The van der Waals surface area contributed by atoms with Gasteiger partial charge in [-0.05, 0) is 24.3 Å². The standard InChI is InChI=1S/C13H13N3O2/c1-18-12-5-3-2-4-11(12)13(17)16-15-10-6-8-14-9-7-10/h2-9H,1H3,(H,14,15)(H,16,17). The van der Waals surface area contributed by atoms with Crippen molar-refractivity contribution in [2.75, 3.05) is 12.5 Å². The molecule has 5 nitrogen and oxygen atoms in total. The van der Waals surface area contributed by atoms with Gasteiger partial charge in [0.2, 0.25) is 0 Å². The first-order chi connectivity index (χ1) is 8.81. The summed E-state index contributed by atoms with van der Waals surface area (Å²) in [5.41, 5.74) is 6.62. The van der Waals surface area contributed by atoms with E-state index in [-0.39, 0.29) is 5.91 Å². The minimum atomic E-state index is -0.260. The highest BCUT2D eigenvalue weighted by Gasteiger charge is 2.10. The van der Waals surface area contributed by atoms with Gasteiger partial charge < -0.3 is 4.74 Å². The molecule has 1 aromatic carbocycles. The van der Waals surface area contributed by atoms with Crippen molar-refractivity contribution in [2.24, 2.45) is 0 Å². The largest absolute Gasteiger partial charge is 0.496 e. The Hall–Kier alpha value is -2.56. The molecule has 0 aliphatic rings. The van der Waals surface area contributed by atoms with Gasteiger partial charge in [-0.15, -0.1) is 0 Å². The quantitative estimate of drug-likeness (QED) is 0.804. The number of carbonyl (C=O) groups is 1. The van der Waals surface area contributed by atoms with Crippen LogP contribution in [0.15, 0.2) is 48.8 Å². The van der Waals surface area contributed by atoms with Crippen molar-refractivity contribution in [1.29, 1.82) is 0 Å². The fourth-order valence-corrected chi connectivity index (χ4v) is 1.46. The molecule has 0 radical (unpaired) electrons. The SMILES string of the molecule is COc1ccccc1C(=O)NNc1ccncc1. The first-order valence-corrected chi connectivity index (χ1v) is 5.40. The lowest BCUT2D eigenvalue weighted by Crippen LogP contribution is -2.29. The maximum absolute atomic E-state index is 11.9. The first kappa shape index (κ1) is 11.9. The van der Waals surface area contributed by atoms with E-state index in [1.165, 1.54) is 7.11 Å². The van der Waals surface area contributed by atoms with E-state index in [4.69, 9.17) is 4.74 Å². The summed E-state index contributed by atoms with van der Waals surface area (Å²) in [6.07, 6.45) is 3.27. The van der Waals surface area contributed by atoms with Crippen LogP contribution in [0.2, 0.25) is 0 Å². The van der Waals surface area contributed by atoms with Gasteiger partial charge in [0.15, 0.2) is 0 Å². The number of hydrogen-bond acceptors (Lipinski definition) is 4. The Balaban J connectivity index is 2.04. The van der Waals surface area contributed by atoms with Gasteiger partial charge in [-0.25, -0.2) is 0 Å². The summed E-state index contributed by atoms with van der Waals surface area (Å²) in [7, 11) is 1.53. The Morgan fingerprint density at radius 3 is 2.61 bits per heavy atom. The number of nitrogens with one attached hydrogen (secondary N) is 2. The van der Waals surface area contributed by atoms with Crippen LogP contribution in [0.4, 0.5) is 5.69 Å². The van der Waals surface area contributed by atoms with Gasteiger partial charge in [-0.2, -0.15) is 0 Å². The van der Waals surface area contributed by atoms with Crippen LogP contribution in [0.5, 0.6) is 5.75 Å². The number of methoxy groups -OCH3 is 1. The number of ether oxygens (including phenoxy) is 1. The molecule has 0 aliphatic carbocycles. The molecule has 2 aromatic rings. The summed E-state index contributed by atoms with van der Waals surface area (Å²) in [4.78, 5) is 15.8. The molecule has 0 bridgehead atoms. The second-order valence-corrected chi connectivity index (χ2v) is 3.52. The van der Waals surface area contributed by atoms with Gasteiger partial charge >= 0.3 is 0 Å². The third kappa shape index (κ3) is 2.76. The third-order valence-electron chi connectivity index (χ3n) is 2.35. The average molecular weight is 243 g/mol. The number of hydrogen-bond donors (Lipinski definition) is 2. The lowest BCUT2D eigenvalue weighted by molar-refractivity contribution is 0.0959. The molecule has 2 N–H and O–H groups in total. The van der Waals surface area contributed by atoms with Crippen molar-refractivity contribution < 1.29 is 9.53 Å². The summed E-state index contributed by atoms with van der Waals surface area (Å²) in [6, 6.07) is 10.5. The van der Waals surface area contributed by atoms with E-state index >= 15 is 0 Å². The Kier molecular flexibility index (Phi) is 3.76. The van der Waals surface area contributed by atoms with E-state index in [0.29, 0.717) is 11.3 Å². The van der Waals surface area contributed by atoms with Gasteiger partial charge in [0.1, 0.15) is 5.75 Å². The summed E-state index contributed by atoms with van der Waals surface area (Å²) in [6.45, 7) is 0. The Bertz CT molecular complexity index is 529. The van der Waals surface area contributed by atoms with E-state index in [9.17, 15) is 4.79 Å². The van der Waals surface area contributed by atoms with Gasteiger partial charge in [0.25, 0.3) is 5.91 Å². The molecular formula is C13H13N3O2. The topological polar surface area (TPSA) is 63.2 Å². The molecule has 0 saturated carbocycles. The number of rotatable bonds is 4. The number of pyridine rings is 1. The van der Waals surface area contributed by atoms with Crippen molar-refractivity contribution in [3.05, 3.63) is 54.4 Å². The smallest absolute Gasteiger partial charge is 0.273 e. The Morgan fingerprint density at radius 1 is 1.17 bits per heavy atom. The van der Waals surface area contributed by atoms with Gasteiger partial charge in [-0.3, -0.25) is 20.6 Å². The van der Waals surface area contributed by atoms with Crippen molar-refractivity contribution in [1.82, 2.24) is 10.4 Å². The lowest BCUT2D eigenvalue weighted by Gasteiger charge is -2.10. The number of nitrogens with zero attached hydrogens (tertiary/aromatic N) is 1. The molecule has 1 heterocycles. The molecule has 1 aromatic heterocycles. The minimum Gasteiger partial charge on any atom is -0.496 e. The first-order valence-electron chi connectivity index (χ1n) is 5.40. The molecule has 1 amide bonds. The maximum atomic E-state index is 11.9. The van der Waals surface area contributed by atoms with Gasteiger partial charge in [0.05, 0.1) is 18.4 Å². The summed E-state index contributed by atoms with van der Waals surface area (Å²) in [5, 5.41) is 0. The average Bonchev–Trinajstić information content (AvgIpc) is 2.45. The number of amides is 1. The van der Waals surface area contributed by atoms with Crippen molar-refractivity contribution in [2.45, 2.75) is 0 Å². The third-order valence-corrected chi connectivity index (χ3v) is 2.35. The summed E-state index contributed by atoms with van der Waals surface area (Å²) >= 11 is 0. The minimum absolute atomic E-state index is 0.260. The van der Waals surface area contributed by atoms with Crippen LogP contribution < -0.4 is 15.6 Å². The number of hydrazine groups is 1. The van der Waals surface area contributed by atoms with Crippen LogP contribution >= 0.6 is 0 Å². The zero-order chi connectivity index (χ0) is 12.8. The number of aromatic nitrogens is 1. The second-order valence-electron chi connectivity index (χ2n) is 3.52. The zero-order valence-corrected chi connectivity index (χ0v) is 9.88. The highest BCUT2D eigenvalue weighted by molar-refractivity contribution is 5.97. The summed E-state index contributed by atoms with van der Waals surface area (Å²) < 4.78 is 5.12. The van der Waals surface area contributed by atoms with Gasteiger partial charge in [0, 0.05) is 12.4 Å². The van der Waals surface area contributed by atoms with Crippen LogP contribution in [0.25, 0.3) is 0 Å². The predicted octanol–water partition coefficient (Wildman–Crippen LogP) is 1.85. The molecule has 2 rings (SSSR count). The van der Waals surface area contributed by atoms with E-state index in [1.54, 1.807) is 42.7 Å². The second kappa shape index (κ2) is 5.67. The van der Waals surface area contributed by atoms with Crippen LogP contribution in [-0.2, 0) is 0 Å². The van der Waals surface area contributed by atoms with Crippen LogP contribution in [0.1, 0.15) is 10.4 Å². The zero-order valence-electron chi connectivity index (χ0n) is 9.88. The predicted molar refractivity (Wildman–Crippen MR) is 68.3 cm³/mol. The highest BCUT2D eigenvalue weighted by atomic mass is 16.5. The summed E-state index contributed by atoms with van der Waals surface area (Å²) in [5.74, 6) is 0.274. The molecule has 18 heavy (non-hydrogen) atoms. The molecule has 0 spiro atoms. The van der Waals surface area contributed by atoms with E-state index in [1.807, 2.05) is 6.07 Å². The number of benzene rings is 1. The van der Waals surface area contributed by atoms with Gasteiger partial charge in [-0.1, -0.05) is 12.1 Å². The molecule has 0 unspecified atom stereocenters. The monoisotopic (exact) mass is 243 g/mol. The fourth-order valence-electron chi connectivity index (χ4n) is 1.46. The van der Waals surface area contributed by atoms with Crippen molar-refractivity contribution in [3.63, 3.8) is 0 Å². The maximum Gasteiger partial charge on any atom is 0.273 e. The normalized spacial score (nSPS) is 9.61. The number of para-hydroxylation sites is 1. The van der Waals surface area contributed by atoms with E-state index < -0.39 is 0 Å². The molecule has 0 fully saturated rings. The highest BCUT2D eigenvalue weighted by Crippen LogP contribution is 2.16. The molecule has 0 aliphatic heterocycles. The van der Waals surface area contributed by atoms with Crippen LogP contribution in [-0.4, -0.2) is 18.0 Å². The molecule has 92 valence electrons. The molecule has 5 heteroatoms. The van der Waals surface area contributed by atoms with Crippen LogP contribution in [0, 0.1) is 0 Å². The van der Waals surface area contributed by atoms with E-state index in [2.05, 4.69) is 15.8 Å². The fraction of sp³-hybridized carbons (Fsp3) is 0.0769. The number of anilines is 1. The van der Waals surface area contributed by atoms with Crippen molar-refractivity contribution >= 4 is 11.6 Å². The van der Waals surface area contributed by atoms with Crippen molar-refractivity contribution in [3.8, 4) is 5.75 Å². The van der Waals surface area contributed by atoms with Crippen LogP contribution in [0.3, 0.4) is 0 Å². The molecule has 0 saturated heterocycles.